The van der Waals surface area contributed by atoms with Crippen molar-refractivity contribution in [2.45, 2.75) is 25.8 Å². The molecule has 0 unspecified atom stereocenters. The predicted octanol–water partition coefficient (Wildman–Crippen LogP) is 4.90. The third-order valence-electron chi connectivity index (χ3n) is 6.98. The van der Waals surface area contributed by atoms with E-state index in [0.717, 1.165) is 55.7 Å². The van der Waals surface area contributed by atoms with Crippen LogP contribution in [0.4, 0.5) is 8.78 Å². The van der Waals surface area contributed by atoms with Crippen LogP contribution in [0.25, 0.3) is 50.1 Å². The Hall–Kier alpha value is -4.51. The first-order valence-corrected chi connectivity index (χ1v) is 12.3. The Morgan fingerprint density at radius 1 is 0.974 bits per heavy atom. The lowest BCUT2D eigenvalue weighted by Gasteiger charge is -2.15. The van der Waals surface area contributed by atoms with E-state index in [9.17, 15) is 8.78 Å². The van der Waals surface area contributed by atoms with Gasteiger partial charge in [-0.15, -0.1) is 0 Å². The van der Waals surface area contributed by atoms with Gasteiger partial charge >= 0.3 is 0 Å². The predicted molar refractivity (Wildman–Crippen MR) is 139 cm³/mol. The van der Waals surface area contributed by atoms with E-state index in [1.807, 2.05) is 36.0 Å². The summed E-state index contributed by atoms with van der Waals surface area (Å²) in [6.45, 7) is 2.55. The molecule has 0 aromatic carbocycles. The van der Waals surface area contributed by atoms with Gasteiger partial charge in [0, 0.05) is 66.2 Å². The summed E-state index contributed by atoms with van der Waals surface area (Å²) in [6.07, 6.45) is 12.5. The van der Waals surface area contributed by atoms with Crippen molar-refractivity contribution in [2.24, 2.45) is 0 Å². The molecule has 190 valence electrons. The number of pyridine rings is 3. The average Bonchev–Trinajstić information content (AvgIpc) is 3.69. The summed E-state index contributed by atoms with van der Waals surface area (Å²) in [6, 6.07) is 6.07. The van der Waals surface area contributed by atoms with Crippen molar-refractivity contribution in [1.29, 1.82) is 0 Å². The molecule has 1 aliphatic heterocycles. The number of rotatable bonds is 5. The standard InChI is InChI=1S/C27H23F2N9/c1-16-12-38(15-33-16)24-11-31-10-23-20(24)6-22(34-23)25-21-5-19(9-32-26(21)36-35-25)18-4-17(7-30-8-18)13-37-3-2-27(28,29)14-37/h4-12,15,34H,2-3,13-14H2,1H3,(H,32,35,36). The SMILES string of the molecule is Cc1cn(-c2cncc3[nH]c(-c4[nH]nc5ncc(-c6cncc(CN7CCC(F)(F)C7)c6)cc45)cc23)cn1. The number of hydrogen-bond acceptors (Lipinski definition) is 6. The van der Waals surface area contributed by atoms with Crippen LogP contribution in [0.3, 0.4) is 0 Å². The van der Waals surface area contributed by atoms with Crippen molar-refractivity contribution < 1.29 is 8.78 Å². The normalized spacial score (nSPS) is 15.7. The summed E-state index contributed by atoms with van der Waals surface area (Å²) in [7, 11) is 0. The second-order valence-corrected chi connectivity index (χ2v) is 9.82. The number of aromatic nitrogens is 8. The van der Waals surface area contributed by atoms with Crippen LogP contribution in [0, 0.1) is 6.92 Å². The molecule has 0 bridgehead atoms. The number of imidazole rings is 1. The minimum atomic E-state index is -2.62. The molecular weight excluding hydrogens is 488 g/mol. The van der Waals surface area contributed by atoms with Crippen LogP contribution in [0.1, 0.15) is 17.7 Å². The molecule has 7 heterocycles. The fourth-order valence-corrected chi connectivity index (χ4v) is 5.12. The van der Waals surface area contributed by atoms with Crippen molar-refractivity contribution in [3.63, 3.8) is 0 Å². The average molecular weight is 512 g/mol. The van der Waals surface area contributed by atoms with E-state index in [1.54, 1.807) is 36.0 Å². The van der Waals surface area contributed by atoms with Crippen molar-refractivity contribution in [2.75, 3.05) is 13.1 Å². The van der Waals surface area contributed by atoms with Gasteiger partial charge in [-0.25, -0.2) is 18.7 Å². The zero-order valence-electron chi connectivity index (χ0n) is 20.5. The largest absolute Gasteiger partial charge is 0.352 e. The molecule has 2 N–H and O–H groups in total. The number of fused-ring (bicyclic) bond motifs is 2. The van der Waals surface area contributed by atoms with E-state index < -0.39 is 5.92 Å². The first-order valence-electron chi connectivity index (χ1n) is 12.3. The first-order chi connectivity index (χ1) is 18.4. The summed E-state index contributed by atoms with van der Waals surface area (Å²) >= 11 is 0. The fraction of sp³-hybridized carbons (Fsp3) is 0.222. The van der Waals surface area contributed by atoms with Crippen LogP contribution in [0.15, 0.2) is 61.7 Å². The summed E-state index contributed by atoms with van der Waals surface area (Å²) in [5.74, 6) is -2.62. The van der Waals surface area contributed by atoms with Crippen LogP contribution in [-0.2, 0) is 6.54 Å². The number of halogens is 2. The second-order valence-electron chi connectivity index (χ2n) is 9.82. The minimum absolute atomic E-state index is 0.1000. The third kappa shape index (κ3) is 4.01. The number of aromatic amines is 2. The zero-order valence-corrected chi connectivity index (χ0v) is 20.5. The highest BCUT2D eigenvalue weighted by atomic mass is 19.3. The van der Waals surface area contributed by atoms with Gasteiger partial charge in [-0.1, -0.05) is 0 Å². The molecule has 0 aliphatic carbocycles. The van der Waals surface area contributed by atoms with Crippen LogP contribution in [0.5, 0.6) is 0 Å². The van der Waals surface area contributed by atoms with Gasteiger partial charge in [-0.3, -0.25) is 20.0 Å². The molecule has 1 fully saturated rings. The van der Waals surface area contributed by atoms with E-state index in [-0.39, 0.29) is 13.0 Å². The molecule has 9 nitrogen and oxygen atoms in total. The number of likely N-dealkylation sites (tertiary alicyclic amines) is 1. The molecule has 6 aromatic rings. The van der Waals surface area contributed by atoms with Crippen molar-refractivity contribution in [3.05, 3.63) is 73.0 Å². The van der Waals surface area contributed by atoms with Crippen LogP contribution < -0.4 is 0 Å². The maximum atomic E-state index is 13.6. The van der Waals surface area contributed by atoms with Gasteiger partial charge in [0.05, 0.1) is 53.6 Å². The molecule has 0 radical (unpaired) electrons. The summed E-state index contributed by atoms with van der Waals surface area (Å²) in [5, 5.41) is 9.38. The maximum Gasteiger partial charge on any atom is 0.261 e. The Balaban J connectivity index is 1.24. The van der Waals surface area contributed by atoms with Gasteiger partial charge in [0.2, 0.25) is 0 Å². The molecule has 1 saturated heterocycles. The number of hydrogen-bond donors (Lipinski definition) is 2. The molecule has 6 aromatic heterocycles. The highest BCUT2D eigenvalue weighted by molar-refractivity contribution is 5.97. The van der Waals surface area contributed by atoms with Crippen LogP contribution in [-0.4, -0.2) is 63.6 Å². The molecule has 38 heavy (non-hydrogen) atoms. The number of H-pyrrole nitrogens is 2. The van der Waals surface area contributed by atoms with Gasteiger partial charge in [-0.2, -0.15) is 5.10 Å². The lowest BCUT2D eigenvalue weighted by atomic mass is 10.1. The minimum Gasteiger partial charge on any atom is -0.352 e. The van der Waals surface area contributed by atoms with Crippen molar-refractivity contribution in [1.82, 2.24) is 44.6 Å². The smallest absolute Gasteiger partial charge is 0.261 e. The molecule has 0 atom stereocenters. The molecule has 1 aliphatic rings. The number of alkyl halides is 2. The van der Waals surface area contributed by atoms with Crippen molar-refractivity contribution in [3.8, 4) is 28.2 Å². The molecule has 0 saturated carbocycles. The Labute approximate surface area is 215 Å². The van der Waals surface area contributed by atoms with Gasteiger partial charge in [-0.05, 0) is 30.7 Å². The number of nitrogens with one attached hydrogen (secondary N) is 2. The molecule has 0 amide bonds. The Bertz CT molecular complexity index is 1800. The summed E-state index contributed by atoms with van der Waals surface area (Å²) < 4.78 is 29.2. The Morgan fingerprint density at radius 3 is 2.66 bits per heavy atom. The van der Waals surface area contributed by atoms with E-state index in [0.29, 0.717) is 18.7 Å². The molecular formula is C27H23F2N9. The summed E-state index contributed by atoms with van der Waals surface area (Å²) in [5.41, 5.74) is 7.62. The van der Waals surface area contributed by atoms with E-state index in [4.69, 9.17) is 0 Å². The Morgan fingerprint density at radius 2 is 1.84 bits per heavy atom. The second kappa shape index (κ2) is 8.52. The first kappa shape index (κ1) is 22.7. The molecule has 7 rings (SSSR count). The zero-order chi connectivity index (χ0) is 25.9. The highest BCUT2D eigenvalue weighted by Gasteiger charge is 2.37. The number of aryl methyl sites for hydroxylation is 1. The lowest BCUT2D eigenvalue weighted by molar-refractivity contribution is 0.0115. The fourth-order valence-electron chi connectivity index (χ4n) is 5.12. The van der Waals surface area contributed by atoms with Gasteiger partial charge < -0.3 is 9.55 Å². The van der Waals surface area contributed by atoms with Crippen molar-refractivity contribution >= 4 is 21.9 Å². The van der Waals surface area contributed by atoms with Crippen LogP contribution in [0.2, 0.25) is 0 Å². The molecule has 11 heteroatoms. The third-order valence-corrected chi connectivity index (χ3v) is 6.98. The van der Waals surface area contributed by atoms with Gasteiger partial charge in [0.15, 0.2) is 5.65 Å². The van der Waals surface area contributed by atoms with E-state index in [2.05, 4.69) is 41.2 Å². The van der Waals surface area contributed by atoms with E-state index in [1.165, 1.54) is 0 Å². The quantitative estimate of drug-likeness (QED) is 0.341. The van der Waals surface area contributed by atoms with Crippen LogP contribution >= 0.6 is 0 Å². The van der Waals surface area contributed by atoms with Gasteiger partial charge in [0.25, 0.3) is 5.92 Å². The number of nitrogens with zero attached hydrogens (tertiary/aromatic N) is 7. The van der Waals surface area contributed by atoms with Gasteiger partial charge in [0.1, 0.15) is 0 Å². The summed E-state index contributed by atoms with van der Waals surface area (Å²) in [4.78, 5) is 22.9. The maximum absolute atomic E-state index is 13.6. The monoisotopic (exact) mass is 511 g/mol. The topological polar surface area (TPSA) is 104 Å². The highest BCUT2D eigenvalue weighted by Crippen LogP contribution is 2.33. The van der Waals surface area contributed by atoms with E-state index >= 15 is 0 Å². The lowest BCUT2D eigenvalue weighted by Crippen LogP contribution is -2.24. The Kier molecular flexibility index (Phi) is 5.08. The molecule has 0 spiro atoms.